The minimum absolute atomic E-state index is 0.454. The van der Waals surface area contributed by atoms with Crippen molar-refractivity contribution in [3.63, 3.8) is 0 Å². The zero-order chi connectivity index (χ0) is 17.1. The van der Waals surface area contributed by atoms with E-state index in [1.807, 2.05) is 6.07 Å². The number of likely N-dealkylation sites (N-methyl/N-ethyl adjacent to an activating group) is 1. The first-order valence-electron chi connectivity index (χ1n) is 8.53. The molecule has 3 heterocycles. The molecule has 0 spiro atoms. The normalized spacial score (nSPS) is 18.4. The molecule has 0 N–H and O–H groups in total. The van der Waals surface area contributed by atoms with Gasteiger partial charge in [-0.1, -0.05) is 46.8 Å². The third-order valence-electron chi connectivity index (χ3n) is 4.65. The van der Waals surface area contributed by atoms with Gasteiger partial charge < -0.3 is 9.42 Å². The molecule has 1 atom stereocenters. The van der Waals surface area contributed by atoms with E-state index >= 15 is 0 Å². The number of benzene rings is 1. The van der Waals surface area contributed by atoms with Crippen molar-refractivity contribution in [2.75, 3.05) is 25.0 Å². The molecule has 25 heavy (non-hydrogen) atoms. The quantitative estimate of drug-likeness (QED) is 0.700. The summed E-state index contributed by atoms with van der Waals surface area (Å²) in [4.78, 5) is 4.79. The molecule has 4 rings (SSSR count). The van der Waals surface area contributed by atoms with Gasteiger partial charge in [0.25, 0.3) is 0 Å². The second kappa shape index (κ2) is 7.33. The molecule has 6 nitrogen and oxygen atoms in total. The second-order valence-electron chi connectivity index (χ2n) is 6.40. The van der Waals surface area contributed by atoms with E-state index in [1.165, 1.54) is 18.4 Å². The number of hydrogen-bond donors (Lipinski definition) is 0. The lowest BCUT2D eigenvalue weighted by molar-refractivity contribution is 0.198. The molecule has 7 heteroatoms. The molecule has 1 fully saturated rings. The Morgan fingerprint density at radius 1 is 1.24 bits per heavy atom. The average molecular weight is 355 g/mol. The molecule has 1 unspecified atom stereocenters. The summed E-state index contributed by atoms with van der Waals surface area (Å²) in [5.74, 6) is 0. The van der Waals surface area contributed by atoms with Crippen LogP contribution < -0.4 is 4.90 Å². The predicted molar refractivity (Wildman–Crippen MR) is 98.6 cm³/mol. The van der Waals surface area contributed by atoms with Gasteiger partial charge in [-0.15, -0.1) is 10.2 Å². The smallest absolute Gasteiger partial charge is 0.208 e. The first kappa shape index (κ1) is 16.2. The van der Waals surface area contributed by atoms with E-state index in [0.29, 0.717) is 6.04 Å². The molecule has 2 aromatic heterocycles. The monoisotopic (exact) mass is 355 g/mol. The van der Waals surface area contributed by atoms with Gasteiger partial charge in [0.1, 0.15) is 12.0 Å². The van der Waals surface area contributed by atoms with Gasteiger partial charge in [-0.05, 0) is 24.9 Å². The molecule has 1 aliphatic heterocycles. The SMILES string of the molecule is CN(c1nnc(-c2ccon2)s1)C1CCCN(Cc2ccccc2)C1. The first-order valence-corrected chi connectivity index (χ1v) is 9.34. The Balaban J connectivity index is 1.42. The maximum absolute atomic E-state index is 4.89. The van der Waals surface area contributed by atoms with Crippen LogP contribution in [-0.2, 0) is 6.54 Å². The van der Waals surface area contributed by atoms with Gasteiger partial charge in [0.2, 0.25) is 5.13 Å². The fraction of sp³-hybridized carbons (Fsp3) is 0.389. The molecule has 0 saturated carbocycles. The van der Waals surface area contributed by atoms with E-state index in [0.717, 1.165) is 35.5 Å². The number of anilines is 1. The highest BCUT2D eigenvalue weighted by Crippen LogP contribution is 2.29. The van der Waals surface area contributed by atoms with Crippen molar-refractivity contribution in [1.82, 2.24) is 20.3 Å². The number of nitrogens with zero attached hydrogens (tertiary/aromatic N) is 5. The van der Waals surface area contributed by atoms with Crippen LogP contribution in [-0.4, -0.2) is 46.4 Å². The summed E-state index contributed by atoms with van der Waals surface area (Å²) in [6.45, 7) is 3.20. The van der Waals surface area contributed by atoms with Crippen LogP contribution in [0.5, 0.6) is 0 Å². The van der Waals surface area contributed by atoms with Gasteiger partial charge in [0.15, 0.2) is 5.01 Å². The largest absolute Gasteiger partial charge is 0.364 e. The van der Waals surface area contributed by atoms with E-state index in [1.54, 1.807) is 17.6 Å². The molecule has 0 aliphatic carbocycles. The summed E-state index contributed by atoms with van der Waals surface area (Å²) in [7, 11) is 2.11. The van der Waals surface area contributed by atoms with Crippen LogP contribution in [0.2, 0.25) is 0 Å². The summed E-state index contributed by atoms with van der Waals surface area (Å²) in [6.07, 6.45) is 3.94. The van der Waals surface area contributed by atoms with Crippen LogP contribution in [0.25, 0.3) is 10.7 Å². The summed E-state index contributed by atoms with van der Waals surface area (Å²) in [5, 5.41) is 14.3. The third-order valence-corrected chi connectivity index (χ3v) is 5.69. The van der Waals surface area contributed by atoms with Crippen molar-refractivity contribution >= 4 is 16.5 Å². The molecular weight excluding hydrogens is 334 g/mol. The van der Waals surface area contributed by atoms with Crippen LogP contribution in [0.15, 0.2) is 47.2 Å². The lowest BCUT2D eigenvalue weighted by Crippen LogP contribution is -2.46. The van der Waals surface area contributed by atoms with E-state index in [4.69, 9.17) is 4.52 Å². The third kappa shape index (κ3) is 3.72. The minimum atomic E-state index is 0.454. The van der Waals surface area contributed by atoms with Crippen LogP contribution in [0.4, 0.5) is 5.13 Å². The van der Waals surface area contributed by atoms with Crippen LogP contribution >= 0.6 is 11.3 Å². The standard InChI is InChI=1S/C18H21N5OS/c1-22(18-20-19-17(25-18)16-9-11-24-21-16)15-8-5-10-23(13-15)12-14-6-3-2-4-7-14/h2-4,6-7,9,11,15H,5,8,10,12-13H2,1H3. The molecule has 0 amide bonds. The average Bonchev–Trinajstić information content (AvgIpc) is 3.34. The fourth-order valence-corrected chi connectivity index (χ4v) is 4.11. The highest BCUT2D eigenvalue weighted by Gasteiger charge is 2.25. The molecule has 0 bridgehead atoms. The Morgan fingerprint density at radius 3 is 2.92 bits per heavy atom. The van der Waals surface area contributed by atoms with E-state index in [9.17, 15) is 0 Å². The summed E-state index contributed by atoms with van der Waals surface area (Å²) in [6, 6.07) is 12.9. The summed E-state index contributed by atoms with van der Waals surface area (Å²) in [5.41, 5.74) is 2.11. The molecule has 1 saturated heterocycles. The fourth-order valence-electron chi connectivity index (χ4n) is 3.27. The van der Waals surface area contributed by atoms with Crippen molar-refractivity contribution in [1.29, 1.82) is 0 Å². The minimum Gasteiger partial charge on any atom is -0.364 e. The lowest BCUT2D eigenvalue weighted by atomic mass is 10.0. The van der Waals surface area contributed by atoms with Crippen molar-refractivity contribution in [3.05, 3.63) is 48.2 Å². The molecule has 1 aliphatic rings. The number of likely N-dealkylation sites (tertiary alicyclic amines) is 1. The van der Waals surface area contributed by atoms with Gasteiger partial charge in [-0.25, -0.2) is 0 Å². The van der Waals surface area contributed by atoms with Gasteiger partial charge in [0.05, 0.1) is 0 Å². The Morgan fingerprint density at radius 2 is 2.12 bits per heavy atom. The van der Waals surface area contributed by atoms with Gasteiger partial charge in [0, 0.05) is 32.2 Å². The highest BCUT2D eigenvalue weighted by molar-refractivity contribution is 7.18. The summed E-state index contributed by atoms with van der Waals surface area (Å²) >= 11 is 1.56. The molecular formula is C18H21N5OS. The Bertz CT molecular complexity index is 789. The molecule has 130 valence electrons. The topological polar surface area (TPSA) is 58.3 Å². The predicted octanol–water partition coefficient (Wildman–Crippen LogP) is 3.29. The van der Waals surface area contributed by atoms with Crippen LogP contribution in [0.1, 0.15) is 18.4 Å². The lowest BCUT2D eigenvalue weighted by Gasteiger charge is -2.37. The Kier molecular flexibility index (Phi) is 4.76. The number of hydrogen-bond acceptors (Lipinski definition) is 7. The van der Waals surface area contributed by atoms with Gasteiger partial charge in [-0.3, -0.25) is 4.90 Å². The number of aromatic nitrogens is 3. The van der Waals surface area contributed by atoms with Crippen molar-refractivity contribution in [2.24, 2.45) is 0 Å². The van der Waals surface area contributed by atoms with E-state index in [-0.39, 0.29) is 0 Å². The second-order valence-corrected chi connectivity index (χ2v) is 7.36. The zero-order valence-electron chi connectivity index (χ0n) is 14.2. The molecule has 3 aromatic rings. The van der Waals surface area contributed by atoms with E-state index < -0.39 is 0 Å². The highest BCUT2D eigenvalue weighted by atomic mass is 32.1. The summed E-state index contributed by atoms with van der Waals surface area (Å²) < 4.78 is 4.89. The zero-order valence-corrected chi connectivity index (χ0v) is 15.0. The van der Waals surface area contributed by atoms with Crippen LogP contribution in [0.3, 0.4) is 0 Å². The van der Waals surface area contributed by atoms with E-state index in [2.05, 4.69) is 62.5 Å². The van der Waals surface area contributed by atoms with Crippen molar-refractivity contribution in [2.45, 2.75) is 25.4 Å². The maximum Gasteiger partial charge on any atom is 0.208 e. The van der Waals surface area contributed by atoms with Crippen molar-refractivity contribution < 1.29 is 4.52 Å². The number of rotatable bonds is 5. The number of piperidine rings is 1. The van der Waals surface area contributed by atoms with Gasteiger partial charge in [-0.2, -0.15) is 0 Å². The molecule has 1 aromatic carbocycles. The first-order chi connectivity index (χ1) is 12.3. The Labute approximate surface area is 151 Å². The van der Waals surface area contributed by atoms with Crippen LogP contribution in [0, 0.1) is 0 Å². The molecule has 0 radical (unpaired) electrons. The van der Waals surface area contributed by atoms with Crippen molar-refractivity contribution in [3.8, 4) is 10.7 Å². The Hall–Kier alpha value is -2.25. The van der Waals surface area contributed by atoms with Gasteiger partial charge >= 0.3 is 0 Å². The maximum atomic E-state index is 4.89.